The lowest BCUT2D eigenvalue weighted by Crippen LogP contribution is -2.42. The first-order valence-electron chi connectivity index (χ1n) is 7.65. The molecule has 1 fully saturated rings. The Morgan fingerprint density at radius 2 is 1.96 bits per heavy atom. The number of aromatic nitrogens is 2. The molecule has 0 aromatic carbocycles. The fourth-order valence-corrected chi connectivity index (χ4v) is 2.07. The molecule has 0 amide bonds. The first kappa shape index (κ1) is 19.9. The molecule has 0 spiro atoms. The fourth-order valence-electron chi connectivity index (χ4n) is 2.07. The van der Waals surface area contributed by atoms with E-state index in [0.717, 1.165) is 13.1 Å². The number of nitrogens with zero attached hydrogens (tertiary/aromatic N) is 3. The normalized spacial score (nSPS) is 16.6. The molecule has 0 bridgehead atoms. The zero-order valence-corrected chi connectivity index (χ0v) is 14.8. The number of nitrogens with one attached hydrogen (secondary N) is 1. The SMILES string of the molecule is CC(C)(C)NCC(O)COc1nccnc1N1CCOCC1.Cl. The Morgan fingerprint density at radius 3 is 2.61 bits per heavy atom. The number of morpholine rings is 1. The zero-order chi connectivity index (χ0) is 16.0. The predicted molar refractivity (Wildman–Crippen MR) is 91.6 cm³/mol. The molecule has 0 aliphatic carbocycles. The minimum Gasteiger partial charge on any atom is -0.472 e. The quantitative estimate of drug-likeness (QED) is 0.790. The third-order valence-corrected chi connectivity index (χ3v) is 3.24. The van der Waals surface area contributed by atoms with Crippen LogP contribution in [0.3, 0.4) is 0 Å². The van der Waals surface area contributed by atoms with Crippen LogP contribution in [-0.2, 0) is 4.74 Å². The first-order valence-corrected chi connectivity index (χ1v) is 7.65. The number of rotatable bonds is 6. The van der Waals surface area contributed by atoms with Gasteiger partial charge in [0.15, 0.2) is 5.82 Å². The van der Waals surface area contributed by atoms with Crippen LogP contribution in [0.5, 0.6) is 5.88 Å². The number of β-amino-alcohol motifs (C(OH)–C–C–N with tert-alkyl or cyclic N) is 1. The molecule has 23 heavy (non-hydrogen) atoms. The topological polar surface area (TPSA) is 79.7 Å². The largest absolute Gasteiger partial charge is 0.472 e. The Bertz CT molecular complexity index is 464. The molecule has 1 unspecified atom stereocenters. The van der Waals surface area contributed by atoms with E-state index in [0.29, 0.717) is 31.5 Å². The molecule has 0 radical (unpaired) electrons. The van der Waals surface area contributed by atoms with Gasteiger partial charge in [0.25, 0.3) is 5.88 Å². The highest BCUT2D eigenvalue weighted by molar-refractivity contribution is 5.85. The molecular formula is C15H27ClN4O3. The average molecular weight is 347 g/mol. The molecule has 8 heteroatoms. The number of halogens is 1. The van der Waals surface area contributed by atoms with Crippen LogP contribution < -0.4 is 15.0 Å². The first-order chi connectivity index (χ1) is 10.5. The van der Waals surface area contributed by atoms with Gasteiger partial charge >= 0.3 is 0 Å². The van der Waals surface area contributed by atoms with Crippen LogP contribution in [0.2, 0.25) is 0 Å². The Balaban J connectivity index is 0.00000264. The Kier molecular flexibility index (Phi) is 7.98. The van der Waals surface area contributed by atoms with Crippen molar-refractivity contribution in [2.24, 2.45) is 0 Å². The maximum absolute atomic E-state index is 10.0. The van der Waals surface area contributed by atoms with Gasteiger partial charge in [0.05, 0.1) is 13.2 Å². The van der Waals surface area contributed by atoms with Crippen LogP contribution in [0, 0.1) is 0 Å². The number of hydrogen-bond acceptors (Lipinski definition) is 7. The van der Waals surface area contributed by atoms with Crippen LogP contribution in [-0.4, -0.2) is 66.2 Å². The highest BCUT2D eigenvalue weighted by Gasteiger charge is 2.19. The van der Waals surface area contributed by atoms with Gasteiger partial charge in [0, 0.05) is 37.6 Å². The summed E-state index contributed by atoms with van der Waals surface area (Å²) in [6.45, 7) is 9.70. The van der Waals surface area contributed by atoms with Crippen molar-refractivity contribution in [1.29, 1.82) is 0 Å². The lowest BCUT2D eigenvalue weighted by atomic mass is 10.1. The van der Waals surface area contributed by atoms with Crippen LogP contribution >= 0.6 is 12.4 Å². The summed E-state index contributed by atoms with van der Waals surface area (Å²) < 4.78 is 11.0. The number of ether oxygens (including phenoxy) is 2. The highest BCUT2D eigenvalue weighted by Crippen LogP contribution is 2.23. The number of hydrogen-bond donors (Lipinski definition) is 2. The second kappa shape index (κ2) is 9.22. The van der Waals surface area contributed by atoms with E-state index < -0.39 is 6.10 Å². The molecule has 1 atom stereocenters. The van der Waals surface area contributed by atoms with Gasteiger partial charge in [-0.05, 0) is 20.8 Å². The monoisotopic (exact) mass is 346 g/mol. The maximum Gasteiger partial charge on any atom is 0.257 e. The summed E-state index contributed by atoms with van der Waals surface area (Å²) in [5.41, 5.74) is -0.0352. The van der Waals surface area contributed by atoms with Crippen molar-refractivity contribution in [3.8, 4) is 5.88 Å². The minimum atomic E-state index is -0.598. The Labute approximate surface area is 143 Å². The van der Waals surface area contributed by atoms with Crippen molar-refractivity contribution >= 4 is 18.2 Å². The number of anilines is 1. The van der Waals surface area contributed by atoms with E-state index >= 15 is 0 Å². The van der Waals surface area contributed by atoms with E-state index in [1.54, 1.807) is 12.4 Å². The summed E-state index contributed by atoms with van der Waals surface area (Å²) >= 11 is 0. The molecule has 2 rings (SSSR count). The van der Waals surface area contributed by atoms with Gasteiger partial charge in [-0.15, -0.1) is 12.4 Å². The maximum atomic E-state index is 10.0. The van der Waals surface area contributed by atoms with Crippen LogP contribution in [0.25, 0.3) is 0 Å². The van der Waals surface area contributed by atoms with Crippen LogP contribution in [0.1, 0.15) is 20.8 Å². The molecule has 0 saturated carbocycles. The van der Waals surface area contributed by atoms with Crippen molar-refractivity contribution in [3.05, 3.63) is 12.4 Å². The van der Waals surface area contributed by atoms with Crippen molar-refractivity contribution in [1.82, 2.24) is 15.3 Å². The summed E-state index contributed by atoms with van der Waals surface area (Å²) in [4.78, 5) is 10.7. The fraction of sp³-hybridized carbons (Fsp3) is 0.733. The van der Waals surface area contributed by atoms with Gasteiger partial charge < -0.3 is 24.8 Å². The van der Waals surface area contributed by atoms with Crippen LogP contribution in [0.15, 0.2) is 12.4 Å². The Morgan fingerprint density at radius 1 is 1.30 bits per heavy atom. The summed E-state index contributed by atoms with van der Waals surface area (Å²) in [6.07, 6.45) is 2.65. The van der Waals surface area contributed by atoms with E-state index in [9.17, 15) is 5.11 Å². The third-order valence-electron chi connectivity index (χ3n) is 3.24. The van der Waals surface area contributed by atoms with E-state index in [1.807, 2.05) is 0 Å². The summed E-state index contributed by atoms with van der Waals surface area (Å²) in [5.74, 6) is 1.17. The molecule has 2 heterocycles. The zero-order valence-electron chi connectivity index (χ0n) is 14.0. The second-order valence-electron chi connectivity index (χ2n) is 6.38. The lowest BCUT2D eigenvalue weighted by molar-refractivity contribution is 0.0967. The van der Waals surface area contributed by atoms with Gasteiger partial charge in [0.1, 0.15) is 12.7 Å². The standard InChI is InChI=1S/C15H26N4O3.ClH/c1-15(2,3)18-10-12(20)11-22-14-13(16-4-5-17-14)19-6-8-21-9-7-19;/h4-5,12,18,20H,6-11H2,1-3H3;1H. The second-order valence-corrected chi connectivity index (χ2v) is 6.38. The lowest BCUT2D eigenvalue weighted by Gasteiger charge is -2.28. The van der Waals surface area contributed by atoms with Crippen molar-refractivity contribution < 1.29 is 14.6 Å². The average Bonchev–Trinajstić information content (AvgIpc) is 2.51. The Hall–Kier alpha value is -1.15. The minimum absolute atomic E-state index is 0. The molecule has 1 aliphatic heterocycles. The molecule has 132 valence electrons. The third kappa shape index (κ3) is 6.87. The molecule has 1 aromatic heterocycles. The molecule has 1 aromatic rings. The van der Waals surface area contributed by atoms with Gasteiger partial charge in [-0.25, -0.2) is 9.97 Å². The number of aliphatic hydroxyl groups excluding tert-OH is 1. The smallest absolute Gasteiger partial charge is 0.257 e. The summed E-state index contributed by atoms with van der Waals surface area (Å²) in [6, 6.07) is 0. The number of aliphatic hydroxyl groups is 1. The molecule has 1 saturated heterocycles. The van der Waals surface area contributed by atoms with E-state index in [1.165, 1.54) is 0 Å². The summed E-state index contributed by atoms with van der Waals surface area (Å²) in [7, 11) is 0. The molecule has 7 nitrogen and oxygen atoms in total. The van der Waals surface area contributed by atoms with Crippen LogP contribution in [0.4, 0.5) is 5.82 Å². The van der Waals surface area contributed by atoms with E-state index in [-0.39, 0.29) is 24.6 Å². The predicted octanol–water partition coefficient (Wildman–Crippen LogP) is 0.863. The molecule has 1 aliphatic rings. The van der Waals surface area contributed by atoms with Gasteiger partial charge in [-0.2, -0.15) is 0 Å². The molecular weight excluding hydrogens is 320 g/mol. The van der Waals surface area contributed by atoms with Gasteiger partial charge in [-0.3, -0.25) is 0 Å². The molecule has 2 N–H and O–H groups in total. The van der Waals surface area contributed by atoms with Gasteiger partial charge in [0.2, 0.25) is 0 Å². The van der Waals surface area contributed by atoms with Crippen molar-refractivity contribution in [2.45, 2.75) is 32.4 Å². The highest BCUT2D eigenvalue weighted by atomic mass is 35.5. The van der Waals surface area contributed by atoms with E-state index in [2.05, 4.69) is 41.0 Å². The van der Waals surface area contributed by atoms with Crippen molar-refractivity contribution in [3.63, 3.8) is 0 Å². The van der Waals surface area contributed by atoms with Crippen molar-refractivity contribution in [2.75, 3.05) is 44.4 Å². The van der Waals surface area contributed by atoms with E-state index in [4.69, 9.17) is 9.47 Å². The van der Waals surface area contributed by atoms with Gasteiger partial charge in [-0.1, -0.05) is 0 Å². The summed E-state index contributed by atoms with van der Waals surface area (Å²) in [5, 5.41) is 13.2.